The summed E-state index contributed by atoms with van der Waals surface area (Å²) in [4.78, 5) is 23.7. The standard InChI is InChI=1S/C15H19NO6S/c1-10-4-3-5-11(13(10)18)14(19)22-8-12(17)16-15(2)6-7-23(20,21)9-15/h3-5,18H,6-9H2,1-2H3,(H,16,17)/t15-/m1/s1. The van der Waals surface area contributed by atoms with Crippen LogP contribution in [0.2, 0.25) is 0 Å². The van der Waals surface area contributed by atoms with Crippen molar-refractivity contribution < 1.29 is 27.9 Å². The number of benzene rings is 1. The first-order valence-electron chi connectivity index (χ1n) is 7.09. The fourth-order valence-corrected chi connectivity index (χ4v) is 4.61. The van der Waals surface area contributed by atoms with Gasteiger partial charge in [0, 0.05) is 0 Å². The molecule has 7 nitrogen and oxygen atoms in total. The van der Waals surface area contributed by atoms with Crippen LogP contribution in [-0.2, 0) is 19.4 Å². The Kier molecular flexibility index (Phi) is 4.65. The zero-order valence-electron chi connectivity index (χ0n) is 13.0. The predicted molar refractivity (Wildman–Crippen MR) is 82.9 cm³/mol. The molecule has 0 aromatic heterocycles. The molecule has 1 aromatic carbocycles. The van der Waals surface area contributed by atoms with Gasteiger partial charge in [0.05, 0.1) is 17.0 Å². The number of aryl methyl sites for hydroxylation is 1. The lowest BCUT2D eigenvalue weighted by Crippen LogP contribution is -2.48. The molecule has 1 aliphatic rings. The van der Waals surface area contributed by atoms with Crippen molar-refractivity contribution in [3.63, 3.8) is 0 Å². The van der Waals surface area contributed by atoms with E-state index in [0.29, 0.717) is 12.0 Å². The molecule has 1 aliphatic heterocycles. The van der Waals surface area contributed by atoms with Crippen molar-refractivity contribution in [3.05, 3.63) is 29.3 Å². The van der Waals surface area contributed by atoms with Crippen molar-refractivity contribution >= 4 is 21.7 Å². The van der Waals surface area contributed by atoms with Gasteiger partial charge in [-0.25, -0.2) is 13.2 Å². The first-order chi connectivity index (χ1) is 10.6. The summed E-state index contributed by atoms with van der Waals surface area (Å²) in [7, 11) is -3.14. The van der Waals surface area contributed by atoms with E-state index in [2.05, 4.69) is 5.32 Å². The number of hydrogen-bond acceptors (Lipinski definition) is 6. The van der Waals surface area contributed by atoms with E-state index in [1.807, 2.05) is 0 Å². The number of sulfone groups is 1. The molecule has 1 atom stereocenters. The highest BCUT2D eigenvalue weighted by atomic mass is 32.2. The molecule has 23 heavy (non-hydrogen) atoms. The molecular formula is C15H19NO6S. The number of phenolic OH excluding ortho intramolecular Hbond substituents is 1. The van der Waals surface area contributed by atoms with Gasteiger partial charge in [0.1, 0.15) is 11.3 Å². The Bertz CT molecular complexity index is 742. The Balaban J connectivity index is 1.92. The zero-order valence-corrected chi connectivity index (χ0v) is 13.8. The lowest BCUT2D eigenvalue weighted by Gasteiger charge is -2.23. The maximum atomic E-state index is 11.9. The van der Waals surface area contributed by atoms with E-state index in [4.69, 9.17) is 4.74 Å². The van der Waals surface area contributed by atoms with Gasteiger partial charge >= 0.3 is 5.97 Å². The molecule has 1 fully saturated rings. The number of ether oxygens (including phenoxy) is 1. The summed E-state index contributed by atoms with van der Waals surface area (Å²) >= 11 is 0. The second kappa shape index (κ2) is 6.19. The van der Waals surface area contributed by atoms with Crippen molar-refractivity contribution in [3.8, 4) is 5.75 Å². The van der Waals surface area contributed by atoms with E-state index in [-0.39, 0.29) is 22.8 Å². The third-order valence-electron chi connectivity index (χ3n) is 3.74. The fraction of sp³-hybridized carbons (Fsp3) is 0.467. The average Bonchev–Trinajstić information content (AvgIpc) is 2.72. The first kappa shape index (κ1) is 17.3. The molecule has 2 rings (SSSR count). The van der Waals surface area contributed by atoms with Gasteiger partial charge in [0.15, 0.2) is 16.4 Å². The van der Waals surface area contributed by atoms with Crippen molar-refractivity contribution in [2.45, 2.75) is 25.8 Å². The quantitative estimate of drug-likeness (QED) is 0.774. The second-order valence-electron chi connectivity index (χ2n) is 6.00. The van der Waals surface area contributed by atoms with Gasteiger partial charge in [0.25, 0.3) is 5.91 Å². The smallest absolute Gasteiger partial charge is 0.342 e. The van der Waals surface area contributed by atoms with Gasteiger partial charge in [-0.05, 0) is 31.9 Å². The van der Waals surface area contributed by atoms with E-state index in [1.165, 1.54) is 6.07 Å². The summed E-state index contributed by atoms with van der Waals surface area (Å²) in [6.45, 7) is 2.74. The third-order valence-corrected chi connectivity index (χ3v) is 5.64. The first-order valence-corrected chi connectivity index (χ1v) is 8.91. The topological polar surface area (TPSA) is 110 Å². The van der Waals surface area contributed by atoms with Crippen LogP contribution in [0.25, 0.3) is 0 Å². The number of para-hydroxylation sites is 1. The molecule has 1 heterocycles. The number of hydrogen-bond donors (Lipinski definition) is 2. The van der Waals surface area contributed by atoms with Crippen LogP contribution in [0.5, 0.6) is 5.75 Å². The molecule has 1 aromatic rings. The summed E-state index contributed by atoms with van der Waals surface area (Å²) in [6.07, 6.45) is 0.327. The van der Waals surface area contributed by atoms with E-state index in [9.17, 15) is 23.1 Å². The molecule has 126 valence electrons. The summed E-state index contributed by atoms with van der Waals surface area (Å²) in [6, 6.07) is 4.63. The summed E-state index contributed by atoms with van der Waals surface area (Å²) in [5.41, 5.74) is -0.339. The van der Waals surface area contributed by atoms with Crippen molar-refractivity contribution in [1.82, 2.24) is 5.32 Å². The fourth-order valence-electron chi connectivity index (χ4n) is 2.51. The normalized spacial score (nSPS) is 22.5. The number of nitrogens with one attached hydrogen (secondary N) is 1. The van der Waals surface area contributed by atoms with Crippen molar-refractivity contribution in [2.75, 3.05) is 18.1 Å². The largest absolute Gasteiger partial charge is 0.507 e. The Morgan fingerprint density at radius 1 is 1.39 bits per heavy atom. The summed E-state index contributed by atoms with van der Waals surface area (Å²) < 4.78 is 27.8. The van der Waals surface area contributed by atoms with E-state index >= 15 is 0 Å². The zero-order chi connectivity index (χ0) is 17.3. The van der Waals surface area contributed by atoms with Crippen LogP contribution < -0.4 is 5.32 Å². The number of aromatic hydroxyl groups is 1. The van der Waals surface area contributed by atoms with Gasteiger partial charge < -0.3 is 15.2 Å². The number of carbonyl (C=O) groups is 2. The number of carbonyl (C=O) groups excluding carboxylic acids is 2. The maximum absolute atomic E-state index is 11.9. The molecular weight excluding hydrogens is 322 g/mol. The molecule has 0 radical (unpaired) electrons. The minimum absolute atomic E-state index is 0.0209. The van der Waals surface area contributed by atoms with Gasteiger partial charge in [-0.3, -0.25) is 4.79 Å². The van der Waals surface area contributed by atoms with Crippen LogP contribution in [0.3, 0.4) is 0 Å². The van der Waals surface area contributed by atoms with Crippen LogP contribution in [-0.4, -0.2) is 49.1 Å². The minimum atomic E-state index is -3.14. The van der Waals surface area contributed by atoms with E-state index in [1.54, 1.807) is 26.0 Å². The number of rotatable bonds is 4. The van der Waals surface area contributed by atoms with Crippen LogP contribution in [0, 0.1) is 6.92 Å². The average molecular weight is 341 g/mol. The van der Waals surface area contributed by atoms with E-state index in [0.717, 1.165) is 0 Å². The second-order valence-corrected chi connectivity index (χ2v) is 8.18. The lowest BCUT2D eigenvalue weighted by molar-refractivity contribution is -0.125. The summed E-state index contributed by atoms with van der Waals surface area (Å²) in [5, 5.41) is 12.4. The van der Waals surface area contributed by atoms with Crippen LogP contribution in [0.15, 0.2) is 18.2 Å². The maximum Gasteiger partial charge on any atom is 0.342 e. The van der Waals surface area contributed by atoms with Gasteiger partial charge in [-0.15, -0.1) is 0 Å². The van der Waals surface area contributed by atoms with Gasteiger partial charge in [-0.1, -0.05) is 12.1 Å². The predicted octanol–water partition coefficient (Wildman–Crippen LogP) is 0.551. The third kappa shape index (κ3) is 4.22. The van der Waals surface area contributed by atoms with Gasteiger partial charge in [0.2, 0.25) is 0 Å². The monoisotopic (exact) mass is 341 g/mol. The van der Waals surface area contributed by atoms with Gasteiger partial charge in [-0.2, -0.15) is 0 Å². The molecule has 0 unspecified atom stereocenters. The molecule has 1 saturated heterocycles. The Morgan fingerprint density at radius 3 is 2.70 bits per heavy atom. The SMILES string of the molecule is Cc1cccc(C(=O)OCC(=O)N[C@]2(C)CCS(=O)(=O)C2)c1O. The number of esters is 1. The highest BCUT2D eigenvalue weighted by Crippen LogP contribution is 2.23. The highest BCUT2D eigenvalue weighted by Gasteiger charge is 2.39. The molecule has 2 N–H and O–H groups in total. The van der Waals surface area contributed by atoms with Crippen LogP contribution in [0.4, 0.5) is 0 Å². The molecule has 8 heteroatoms. The minimum Gasteiger partial charge on any atom is -0.507 e. The van der Waals surface area contributed by atoms with Crippen LogP contribution >= 0.6 is 0 Å². The van der Waals surface area contributed by atoms with Crippen LogP contribution in [0.1, 0.15) is 29.3 Å². The van der Waals surface area contributed by atoms with Crippen molar-refractivity contribution in [1.29, 1.82) is 0 Å². The Hall–Kier alpha value is -2.09. The molecule has 0 bridgehead atoms. The Morgan fingerprint density at radius 2 is 2.09 bits per heavy atom. The molecule has 1 amide bonds. The lowest BCUT2D eigenvalue weighted by atomic mass is 10.0. The van der Waals surface area contributed by atoms with E-state index < -0.39 is 33.9 Å². The molecule has 0 aliphatic carbocycles. The number of amides is 1. The summed E-state index contributed by atoms with van der Waals surface area (Å²) in [5.74, 6) is -1.68. The highest BCUT2D eigenvalue weighted by molar-refractivity contribution is 7.91. The molecule has 0 saturated carbocycles. The van der Waals surface area contributed by atoms with Crippen molar-refractivity contribution in [2.24, 2.45) is 0 Å². The number of phenols is 1. The Labute approximate surface area is 134 Å². The molecule has 0 spiro atoms.